The molecule has 1 aliphatic rings. The zero-order chi connectivity index (χ0) is 18.5. The summed E-state index contributed by atoms with van der Waals surface area (Å²) in [5.74, 6) is 0.0549. The minimum Gasteiger partial charge on any atom is -0.326 e. The number of benzene rings is 2. The molecule has 26 heavy (non-hydrogen) atoms. The van der Waals surface area contributed by atoms with Crippen LogP contribution in [0, 0.1) is 0 Å². The highest BCUT2D eigenvalue weighted by atomic mass is 16.2. The van der Waals surface area contributed by atoms with Crippen LogP contribution < -0.4 is 16.4 Å². The average Bonchev–Trinajstić information content (AvgIpc) is 2.97. The summed E-state index contributed by atoms with van der Waals surface area (Å²) >= 11 is 0. The van der Waals surface area contributed by atoms with E-state index in [2.05, 4.69) is 27.7 Å². The van der Waals surface area contributed by atoms with Crippen LogP contribution in [0.5, 0.6) is 0 Å². The van der Waals surface area contributed by atoms with Crippen molar-refractivity contribution in [3.8, 4) is 0 Å². The maximum atomic E-state index is 12.3. The number of nitrogens with one attached hydrogen (secondary N) is 2. The molecule has 2 amide bonds. The SMILES string of the molecule is CC(=O)Nc1ccc(NC(=O)CN2C[C@@H](N)[C@H](c3ccccc3)C2)cc1. The van der Waals surface area contributed by atoms with Gasteiger partial charge in [0, 0.05) is 43.3 Å². The summed E-state index contributed by atoms with van der Waals surface area (Å²) in [6.45, 7) is 3.25. The molecule has 0 unspecified atom stereocenters. The van der Waals surface area contributed by atoms with Crippen molar-refractivity contribution in [3.63, 3.8) is 0 Å². The van der Waals surface area contributed by atoms with Crippen LogP contribution in [-0.2, 0) is 9.59 Å². The third kappa shape index (κ3) is 4.68. The molecule has 0 saturated carbocycles. The van der Waals surface area contributed by atoms with Crippen LogP contribution in [0.3, 0.4) is 0 Å². The lowest BCUT2D eigenvalue weighted by Gasteiger charge is -2.16. The molecule has 1 saturated heterocycles. The van der Waals surface area contributed by atoms with E-state index in [9.17, 15) is 9.59 Å². The summed E-state index contributed by atoms with van der Waals surface area (Å²) in [5, 5.41) is 5.58. The Bertz CT molecular complexity index is 761. The van der Waals surface area contributed by atoms with Gasteiger partial charge in [-0.25, -0.2) is 0 Å². The highest BCUT2D eigenvalue weighted by Gasteiger charge is 2.31. The summed E-state index contributed by atoms with van der Waals surface area (Å²) in [7, 11) is 0. The molecule has 0 aliphatic carbocycles. The summed E-state index contributed by atoms with van der Waals surface area (Å²) in [6, 6.07) is 17.3. The fraction of sp³-hybridized carbons (Fsp3) is 0.300. The Morgan fingerprint density at radius 3 is 2.23 bits per heavy atom. The van der Waals surface area contributed by atoms with Gasteiger partial charge in [-0.3, -0.25) is 14.5 Å². The molecule has 2 atom stereocenters. The van der Waals surface area contributed by atoms with Crippen molar-refractivity contribution in [2.24, 2.45) is 5.73 Å². The standard InChI is InChI=1S/C20H24N4O2/c1-14(25)22-16-7-9-17(10-8-16)23-20(26)13-24-11-18(19(21)12-24)15-5-3-2-4-6-15/h2-10,18-19H,11-13,21H2,1H3,(H,22,25)(H,23,26)/t18-,19+/m0/s1. The number of nitrogens with zero attached hydrogens (tertiary/aromatic N) is 1. The quantitative estimate of drug-likeness (QED) is 0.768. The van der Waals surface area contributed by atoms with E-state index >= 15 is 0 Å². The smallest absolute Gasteiger partial charge is 0.238 e. The lowest BCUT2D eigenvalue weighted by atomic mass is 9.95. The van der Waals surface area contributed by atoms with Crippen LogP contribution in [0.2, 0.25) is 0 Å². The Morgan fingerprint density at radius 2 is 1.62 bits per heavy atom. The van der Waals surface area contributed by atoms with E-state index in [1.165, 1.54) is 12.5 Å². The molecule has 0 spiro atoms. The zero-order valence-corrected chi connectivity index (χ0v) is 14.8. The van der Waals surface area contributed by atoms with Gasteiger partial charge < -0.3 is 16.4 Å². The predicted molar refractivity (Wildman–Crippen MR) is 103 cm³/mol. The van der Waals surface area contributed by atoms with Gasteiger partial charge in [-0.15, -0.1) is 0 Å². The van der Waals surface area contributed by atoms with Crippen LogP contribution in [0.25, 0.3) is 0 Å². The first kappa shape index (κ1) is 18.1. The van der Waals surface area contributed by atoms with Crippen LogP contribution in [0.15, 0.2) is 54.6 Å². The molecule has 0 bridgehead atoms. The molecule has 6 heteroatoms. The molecule has 4 N–H and O–H groups in total. The van der Waals surface area contributed by atoms with Crippen LogP contribution in [0.4, 0.5) is 11.4 Å². The van der Waals surface area contributed by atoms with E-state index in [0.717, 1.165) is 6.54 Å². The van der Waals surface area contributed by atoms with Gasteiger partial charge in [-0.05, 0) is 29.8 Å². The zero-order valence-electron chi connectivity index (χ0n) is 14.8. The lowest BCUT2D eigenvalue weighted by molar-refractivity contribution is -0.117. The van der Waals surface area contributed by atoms with Crippen molar-refractivity contribution in [2.45, 2.75) is 18.9 Å². The molecule has 2 aromatic rings. The van der Waals surface area contributed by atoms with Crippen molar-refractivity contribution >= 4 is 23.2 Å². The lowest BCUT2D eigenvalue weighted by Crippen LogP contribution is -2.33. The second kappa shape index (κ2) is 8.12. The van der Waals surface area contributed by atoms with Crippen LogP contribution >= 0.6 is 0 Å². The molecule has 2 aromatic carbocycles. The summed E-state index contributed by atoms with van der Waals surface area (Å²) < 4.78 is 0. The molecule has 6 nitrogen and oxygen atoms in total. The van der Waals surface area contributed by atoms with Gasteiger partial charge in [0.15, 0.2) is 0 Å². The van der Waals surface area contributed by atoms with Crippen LogP contribution in [0.1, 0.15) is 18.4 Å². The largest absolute Gasteiger partial charge is 0.326 e. The first-order valence-electron chi connectivity index (χ1n) is 8.71. The molecule has 0 radical (unpaired) electrons. The van der Waals surface area contributed by atoms with Crippen molar-refractivity contribution < 1.29 is 9.59 Å². The van der Waals surface area contributed by atoms with Crippen LogP contribution in [-0.4, -0.2) is 42.4 Å². The topological polar surface area (TPSA) is 87.5 Å². The second-order valence-electron chi connectivity index (χ2n) is 6.68. The molecule has 3 rings (SSSR count). The summed E-state index contributed by atoms with van der Waals surface area (Å²) in [6.07, 6.45) is 0. The Morgan fingerprint density at radius 1 is 1.00 bits per heavy atom. The van der Waals surface area contributed by atoms with Gasteiger partial charge in [-0.2, -0.15) is 0 Å². The first-order chi connectivity index (χ1) is 12.5. The Kier molecular flexibility index (Phi) is 5.65. The molecule has 1 aliphatic heterocycles. The van der Waals surface area contributed by atoms with Gasteiger partial charge in [0.05, 0.1) is 6.54 Å². The summed E-state index contributed by atoms with van der Waals surface area (Å²) in [4.78, 5) is 25.4. The fourth-order valence-corrected chi connectivity index (χ4v) is 3.34. The van der Waals surface area contributed by atoms with E-state index in [1.807, 2.05) is 18.2 Å². The maximum absolute atomic E-state index is 12.3. The van der Waals surface area contributed by atoms with Gasteiger partial charge in [0.25, 0.3) is 0 Å². The number of likely N-dealkylation sites (tertiary alicyclic amines) is 1. The van der Waals surface area contributed by atoms with Crippen molar-refractivity contribution in [1.82, 2.24) is 4.90 Å². The van der Waals surface area contributed by atoms with E-state index in [4.69, 9.17) is 5.73 Å². The number of anilines is 2. The monoisotopic (exact) mass is 352 g/mol. The maximum Gasteiger partial charge on any atom is 0.238 e. The molecular formula is C20H24N4O2. The number of amides is 2. The van der Waals surface area contributed by atoms with E-state index in [0.29, 0.717) is 24.5 Å². The Labute approximate surface area is 153 Å². The average molecular weight is 352 g/mol. The number of hydrogen-bond donors (Lipinski definition) is 3. The highest BCUT2D eigenvalue weighted by molar-refractivity contribution is 5.93. The predicted octanol–water partition coefficient (Wildman–Crippen LogP) is 2.01. The van der Waals surface area contributed by atoms with Gasteiger partial charge in [0.1, 0.15) is 0 Å². The minimum absolute atomic E-state index is 0.0298. The molecular weight excluding hydrogens is 328 g/mol. The van der Waals surface area contributed by atoms with E-state index < -0.39 is 0 Å². The van der Waals surface area contributed by atoms with Crippen molar-refractivity contribution in [1.29, 1.82) is 0 Å². The number of hydrogen-bond acceptors (Lipinski definition) is 4. The Balaban J connectivity index is 1.53. The third-order valence-electron chi connectivity index (χ3n) is 4.52. The van der Waals surface area contributed by atoms with Gasteiger partial charge in [-0.1, -0.05) is 30.3 Å². The molecule has 1 heterocycles. The highest BCUT2D eigenvalue weighted by Crippen LogP contribution is 2.26. The third-order valence-corrected chi connectivity index (χ3v) is 4.52. The normalized spacial score (nSPS) is 19.9. The summed E-state index contributed by atoms with van der Waals surface area (Å²) in [5.41, 5.74) is 8.90. The fourth-order valence-electron chi connectivity index (χ4n) is 3.34. The number of carbonyl (C=O) groups is 2. The van der Waals surface area contributed by atoms with Crippen molar-refractivity contribution in [3.05, 3.63) is 60.2 Å². The van der Waals surface area contributed by atoms with Gasteiger partial charge >= 0.3 is 0 Å². The van der Waals surface area contributed by atoms with E-state index in [-0.39, 0.29) is 23.8 Å². The first-order valence-corrected chi connectivity index (χ1v) is 8.71. The Hall–Kier alpha value is -2.70. The number of rotatable bonds is 5. The molecule has 136 valence electrons. The number of carbonyl (C=O) groups excluding carboxylic acids is 2. The van der Waals surface area contributed by atoms with E-state index in [1.54, 1.807) is 24.3 Å². The number of nitrogens with two attached hydrogens (primary N) is 1. The molecule has 0 aromatic heterocycles. The second-order valence-corrected chi connectivity index (χ2v) is 6.68. The van der Waals surface area contributed by atoms with Crippen molar-refractivity contribution in [2.75, 3.05) is 30.3 Å². The van der Waals surface area contributed by atoms with Gasteiger partial charge in [0.2, 0.25) is 11.8 Å². The minimum atomic E-state index is -0.125. The molecule has 1 fully saturated rings.